The number of fused-ring (bicyclic) bond motifs is 1. The Morgan fingerprint density at radius 2 is 2.29 bits per heavy atom. The number of aliphatic carboxylic acids is 1. The second kappa shape index (κ2) is 4.25. The van der Waals surface area contributed by atoms with Crippen molar-refractivity contribution in [3.8, 4) is 11.5 Å². The number of halogens is 2. The van der Waals surface area contributed by atoms with Crippen LogP contribution in [0.3, 0.4) is 0 Å². The molecular weight excluding hydrogens is 251 g/mol. The first-order valence-electron chi connectivity index (χ1n) is 4.66. The van der Waals surface area contributed by atoms with E-state index < -0.39 is 17.9 Å². The highest BCUT2D eigenvalue weighted by atomic mass is 35.5. The van der Waals surface area contributed by atoms with Gasteiger partial charge in [-0.3, -0.25) is 0 Å². The van der Waals surface area contributed by atoms with Crippen molar-refractivity contribution < 1.29 is 23.8 Å². The number of alkyl halides is 1. The van der Waals surface area contributed by atoms with Gasteiger partial charge in [0.15, 0.2) is 0 Å². The molecule has 1 aliphatic heterocycles. The lowest BCUT2D eigenvalue weighted by atomic mass is 10.1. The minimum Gasteiger partial charge on any atom is -0.497 e. The van der Waals surface area contributed by atoms with E-state index in [0.29, 0.717) is 11.3 Å². The highest BCUT2D eigenvalue weighted by molar-refractivity contribution is 6.32. The molecule has 0 bridgehead atoms. The third-order valence-electron chi connectivity index (χ3n) is 2.31. The predicted octanol–water partition coefficient (Wildman–Crippen LogP) is 2.50. The van der Waals surface area contributed by atoms with Crippen LogP contribution < -0.4 is 9.47 Å². The number of hydrogen-bond acceptors (Lipinski definition) is 3. The zero-order valence-corrected chi connectivity index (χ0v) is 9.49. The zero-order valence-electron chi connectivity index (χ0n) is 8.74. The molecule has 0 spiro atoms. The number of ether oxygens (including phenoxy) is 2. The topological polar surface area (TPSA) is 55.8 Å². The van der Waals surface area contributed by atoms with Gasteiger partial charge in [-0.1, -0.05) is 11.6 Å². The fraction of sp³-hybridized carbons (Fsp3) is 0.182. The molecule has 0 saturated heterocycles. The summed E-state index contributed by atoms with van der Waals surface area (Å²) in [7, 11) is 1.45. The van der Waals surface area contributed by atoms with Crippen LogP contribution in [0.25, 0.3) is 6.08 Å². The van der Waals surface area contributed by atoms with Crippen molar-refractivity contribution in [1.82, 2.24) is 0 Å². The molecule has 1 heterocycles. The van der Waals surface area contributed by atoms with E-state index in [4.69, 9.17) is 26.2 Å². The first-order chi connectivity index (χ1) is 8.02. The van der Waals surface area contributed by atoms with Crippen molar-refractivity contribution >= 4 is 23.6 Å². The molecule has 1 atom stereocenters. The molecule has 0 aliphatic carbocycles. The van der Waals surface area contributed by atoms with E-state index in [0.717, 1.165) is 0 Å². The van der Waals surface area contributed by atoms with Crippen LogP contribution in [0.15, 0.2) is 17.7 Å². The Balaban J connectivity index is 2.57. The Morgan fingerprint density at radius 3 is 2.88 bits per heavy atom. The highest BCUT2D eigenvalue weighted by Crippen LogP contribution is 2.39. The molecule has 0 fully saturated rings. The molecule has 0 amide bonds. The molecule has 17 heavy (non-hydrogen) atoms. The van der Waals surface area contributed by atoms with Crippen LogP contribution >= 0.6 is 11.6 Å². The fourth-order valence-corrected chi connectivity index (χ4v) is 1.76. The molecule has 0 saturated carbocycles. The minimum atomic E-state index is -2.02. The standard InChI is InChI=1S/C11H8ClFO4/c1-16-6-2-5-3-7(11(14)15)10(13)17-9(5)8(12)4-6/h2-4,10H,1H3,(H,14,15). The fourth-order valence-electron chi connectivity index (χ4n) is 1.50. The van der Waals surface area contributed by atoms with Crippen molar-refractivity contribution in [3.63, 3.8) is 0 Å². The predicted molar refractivity (Wildman–Crippen MR) is 59.1 cm³/mol. The second-order valence-electron chi connectivity index (χ2n) is 3.37. The van der Waals surface area contributed by atoms with Gasteiger partial charge >= 0.3 is 5.97 Å². The van der Waals surface area contributed by atoms with Crippen LogP contribution in [0.1, 0.15) is 5.56 Å². The molecule has 1 aromatic carbocycles. The van der Waals surface area contributed by atoms with Crippen LogP contribution in [0.4, 0.5) is 4.39 Å². The van der Waals surface area contributed by atoms with Gasteiger partial charge in [0, 0.05) is 11.6 Å². The molecule has 2 rings (SSSR count). The maximum absolute atomic E-state index is 13.4. The van der Waals surface area contributed by atoms with Gasteiger partial charge in [-0.15, -0.1) is 0 Å². The average Bonchev–Trinajstić information content (AvgIpc) is 2.28. The summed E-state index contributed by atoms with van der Waals surface area (Å²) in [5, 5.41) is 8.95. The van der Waals surface area contributed by atoms with Crippen molar-refractivity contribution in [3.05, 3.63) is 28.3 Å². The quantitative estimate of drug-likeness (QED) is 0.886. The van der Waals surface area contributed by atoms with E-state index in [-0.39, 0.29) is 10.8 Å². The summed E-state index contributed by atoms with van der Waals surface area (Å²) >= 11 is 5.87. The molecule has 1 aromatic rings. The van der Waals surface area contributed by atoms with Gasteiger partial charge in [0.2, 0.25) is 0 Å². The lowest BCUT2D eigenvalue weighted by Gasteiger charge is -2.21. The van der Waals surface area contributed by atoms with Crippen LogP contribution in [0, 0.1) is 0 Å². The maximum atomic E-state index is 13.4. The Labute approximate surface area is 101 Å². The van der Waals surface area contributed by atoms with Crippen LogP contribution in [0.2, 0.25) is 5.02 Å². The molecule has 1 unspecified atom stereocenters. The van der Waals surface area contributed by atoms with Crippen molar-refractivity contribution in [1.29, 1.82) is 0 Å². The SMILES string of the molecule is COc1cc(Cl)c2c(c1)C=C(C(=O)O)C(F)O2. The summed E-state index contributed by atoms with van der Waals surface area (Å²) < 4.78 is 23.2. The largest absolute Gasteiger partial charge is 0.497 e. The van der Waals surface area contributed by atoms with Crippen LogP contribution in [-0.2, 0) is 4.79 Å². The van der Waals surface area contributed by atoms with E-state index in [1.54, 1.807) is 0 Å². The van der Waals surface area contributed by atoms with Crippen molar-refractivity contribution in [2.75, 3.05) is 7.11 Å². The smallest absolute Gasteiger partial charge is 0.338 e. The van der Waals surface area contributed by atoms with E-state index in [9.17, 15) is 9.18 Å². The van der Waals surface area contributed by atoms with Gasteiger partial charge in [-0.2, -0.15) is 4.39 Å². The van der Waals surface area contributed by atoms with Crippen molar-refractivity contribution in [2.45, 2.75) is 6.36 Å². The third-order valence-corrected chi connectivity index (χ3v) is 2.59. The number of carbonyl (C=O) groups is 1. The summed E-state index contributed by atoms with van der Waals surface area (Å²) in [5.41, 5.74) is -0.0949. The molecule has 1 N–H and O–H groups in total. The Hall–Kier alpha value is -1.75. The van der Waals surface area contributed by atoms with Crippen LogP contribution in [0.5, 0.6) is 11.5 Å². The molecule has 0 aromatic heterocycles. The normalized spacial score (nSPS) is 17.8. The van der Waals surface area contributed by atoms with E-state index >= 15 is 0 Å². The average molecular weight is 259 g/mol. The summed E-state index contributed by atoms with van der Waals surface area (Å²) in [5.74, 6) is -0.817. The first-order valence-corrected chi connectivity index (χ1v) is 5.04. The zero-order chi connectivity index (χ0) is 12.6. The monoisotopic (exact) mass is 258 g/mol. The van der Waals surface area contributed by atoms with Crippen molar-refractivity contribution in [2.24, 2.45) is 0 Å². The Bertz CT molecular complexity index is 512. The van der Waals surface area contributed by atoms with Gasteiger partial charge in [-0.05, 0) is 12.1 Å². The van der Waals surface area contributed by atoms with E-state index in [1.807, 2.05) is 0 Å². The summed E-state index contributed by atoms with van der Waals surface area (Å²) in [6.07, 6.45) is -0.842. The maximum Gasteiger partial charge on any atom is 0.338 e. The highest BCUT2D eigenvalue weighted by Gasteiger charge is 2.28. The molecule has 4 nitrogen and oxygen atoms in total. The van der Waals surface area contributed by atoms with Gasteiger partial charge in [0.05, 0.1) is 12.1 Å². The molecule has 6 heteroatoms. The molecule has 90 valence electrons. The lowest BCUT2D eigenvalue weighted by molar-refractivity contribution is -0.134. The summed E-state index contributed by atoms with van der Waals surface area (Å²) in [4.78, 5) is 10.8. The number of benzene rings is 1. The molecule has 1 aliphatic rings. The van der Waals surface area contributed by atoms with E-state index in [2.05, 4.69) is 0 Å². The van der Waals surface area contributed by atoms with Gasteiger partial charge in [0.25, 0.3) is 6.36 Å². The second-order valence-corrected chi connectivity index (χ2v) is 3.77. The third kappa shape index (κ3) is 2.06. The minimum absolute atomic E-state index is 0.116. The van der Waals surface area contributed by atoms with E-state index in [1.165, 1.54) is 25.3 Å². The summed E-state index contributed by atoms with van der Waals surface area (Å²) in [6, 6.07) is 2.99. The number of rotatable bonds is 2. The molecular formula is C11H8ClFO4. The first kappa shape index (κ1) is 11.7. The number of carboxylic acid groups (broad SMARTS) is 1. The van der Waals surface area contributed by atoms with Crippen LogP contribution in [-0.4, -0.2) is 24.5 Å². The molecule has 0 radical (unpaired) electrons. The lowest BCUT2D eigenvalue weighted by Crippen LogP contribution is -2.23. The number of carboxylic acids is 1. The van der Waals surface area contributed by atoms with Gasteiger partial charge in [-0.25, -0.2) is 4.79 Å². The number of methoxy groups -OCH3 is 1. The van der Waals surface area contributed by atoms with Gasteiger partial charge < -0.3 is 14.6 Å². The Morgan fingerprint density at radius 1 is 1.59 bits per heavy atom. The number of hydrogen-bond donors (Lipinski definition) is 1. The summed E-state index contributed by atoms with van der Waals surface area (Å²) in [6.45, 7) is 0. The Kier molecular flexibility index (Phi) is 2.93. The van der Waals surface area contributed by atoms with Gasteiger partial charge in [0.1, 0.15) is 17.1 Å².